The number of hydrogen-bond acceptors (Lipinski definition) is 5. The molecule has 6 heteroatoms. The Hall–Kier alpha value is -2.21. The number of aromatic nitrogens is 1. The maximum absolute atomic E-state index is 11.7. The molecule has 0 saturated carbocycles. The lowest BCUT2D eigenvalue weighted by atomic mass is 10.2. The normalized spacial score (nSPS) is 10.0. The van der Waals surface area contributed by atoms with Gasteiger partial charge in [-0.3, -0.25) is 4.79 Å². The molecule has 1 heterocycles. The molecule has 92 valence electrons. The smallest absolute Gasteiger partial charge is 0.251 e. The van der Waals surface area contributed by atoms with Gasteiger partial charge < -0.3 is 15.2 Å². The molecular weight excluding hydrogens is 252 g/mol. The zero-order valence-electron chi connectivity index (χ0n) is 9.25. The number of carbonyl (C=O) groups excluding carboxylic acids is 2. The van der Waals surface area contributed by atoms with Crippen LogP contribution in [0.4, 0.5) is 0 Å². The van der Waals surface area contributed by atoms with E-state index in [1.54, 1.807) is 24.3 Å². The molecule has 0 fully saturated rings. The van der Waals surface area contributed by atoms with E-state index < -0.39 is 5.97 Å². The molecule has 0 saturated heterocycles. The molecule has 0 aliphatic rings. The summed E-state index contributed by atoms with van der Waals surface area (Å²) in [6, 6.07) is 8.76. The number of benzene rings is 1. The highest BCUT2D eigenvalue weighted by atomic mass is 32.1. The molecule has 5 nitrogen and oxygen atoms in total. The second-order valence-corrected chi connectivity index (χ2v) is 4.41. The average molecular weight is 261 g/mol. The van der Waals surface area contributed by atoms with Crippen LogP contribution in [0.1, 0.15) is 25.9 Å². The van der Waals surface area contributed by atoms with Gasteiger partial charge in [-0.05, 0) is 12.1 Å². The van der Waals surface area contributed by atoms with Crippen molar-refractivity contribution in [3.8, 4) is 0 Å². The molecule has 0 unspecified atom stereocenters. The standard InChI is InChI=1S/C12H10N2O3S/c15-11(8-4-2-1-3-5-8)13-6-10-14-9(7-18-10)12(16)17/h1-5,7H,6H2,(H,13,15)(H,16,17)/p-1. The first kappa shape index (κ1) is 12.3. The first-order valence-electron chi connectivity index (χ1n) is 5.16. The third-order valence-electron chi connectivity index (χ3n) is 2.20. The molecule has 2 rings (SSSR count). The molecule has 0 spiro atoms. The lowest BCUT2D eigenvalue weighted by Crippen LogP contribution is -2.24. The van der Waals surface area contributed by atoms with Crippen LogP contribution in [0.3, 0.4) is 0 Å². The van der Waals surface area contributed by atoms with E-state index in [4.69, 9.17) is 0 Å². The van der Waals surface area contributed by atoms with Gasteiger partial charge in [-0.25, -0.2) is 4.98 Å². The third-order valence-corrected chi connectivity index (χ3v) is 3.05. The van der Waals surface area contributed by atoms with Crippen LogP contribution in [0.25, 0.3) is 0 Å². The summed E-state index contributed by atoms with van der Waals surface area (Å²) in [5.41, 5.74) is 0.443. The lowest BCUT2D eigenvalue weighted by Gasteiger charge is -2.02. The highest BCUT2D eigenvalue weighted by Crippen LogP contribution is 2.09. The summed E-state index contributed by atoms with van der Waals surface area (Å²) >= 11 is 1.17. The van der Waals surface area contributed by atoms with Crippen LogP contribution in [0, 0.1) is 0 Å². The Balaban J connectivity index is 1.95. The second kappa shape index (κ2) is 5.42. The van der Waals surface area contributed by atoms with Crippen LogP contribution >= 0.6 is 11.3 Å². The number of carboxylic acids is 1. The lowest BCUT2D eigenvalue weighted by molar-refractivity contribution is -0.255. The minimum atomic E-state index is -1.31. The molecule has 0 atom stereocenters. The fourth-order valence-electron chi connectivity index (χ4n) is 1.33. The van der Waals surface area contributed by atoms with Gasteiger partial charge in [0.25, 0.3) is 5.91 Å². The topological polar surface area (TPSA) is 82.1 Å². The van der Waals surface area contributed by atoms with Gasteiger partial charge in [0.2, 0.25) is 0 Å². The fourth-order valence-corrected chi connectivity index (χ4v) is 2.04. The molecule has 1 amide bonds. The second-order valence-electron chi connectivity index (χ2n) is 3.46. The van der Waals surface area contributed by atoms with Crippen molar-refractivity contribution in [3.63, 3.8) is 0 Å². The molecule has 0 radical (unpaired) electrons. The maximum Gasteiger partial charge on any atom is 0.251 e. The van der Waals surface area contributed by atoms with E-state index in [1.807, 2.05) is 6.07 Å². The minimum Gasteiger partial charge on any atom is -0.543 e. The quantitative estimate of drug-likeness (QED) is 0.865. The van der Waals surface area contributed by atoms with Gasteiger partial charge in [0.15, 0.2) is 0 Å². The van der Waals surface area contributed by atoms with Gasteiger partial charge in [0.1, 0.15) is 5.01 Å². The fraction of sp³-hybridized carbons (Fsp3) is 0.0833. The minimum absolute atomic E-state index is 0.107. The maximum atomic E-state index is 11.7. The van der Waals surface area contributed by atoms with Crippen LogP contribution in [0.15, 0.2) is 35.7 Å². The zero-order chi connectivity index (χ0) is 13.0. The number of hydrogen-bond donors (Lipinski definition) is 1. The number of aromatic carboxylic acids is 1. The first-order valence-corrected chi connectivity index (χ1v) is 6.04. The molecule has 1 aromatic heterocycles. The Morgan fingerprint density at radius 3 is 2.61 bits per heavy atom. The molecule has 0 bridgehead atoms. The van der Waals surface area contributed by atoms with E-state index in [0.717, 1.165) is 0 Å². The number of amides is 1. The third kappa shape index (κ3) is 2.92. The average Bonchev–Trinajstić information content (AvgIpc) is 2.86. The van der Waals surface area contributed by atoms with Crippen molar-refractivity contribution in [3.05, 3.63) is 52.0 Å². The summed E-state index contributed by atoms with van der Waals surface area (Å²) in [6.45, 7) is 0.200. The molecule has 1 N–H and O–H groups in total. The number of carbonyl (C=O) groups is 2. The molecule has 18 heavy (non-hydrogen) atoms. The number of nitrogens with zero attached hydrogens (tertiary/aromatic N) is 1. The monoisotopic (exact) mass is 261 g/mol. The van der Waals surface area contributed by atoms with Gasteiger partial charge in [-0.2, -0.15) is 0 Å². The predicted octanol–water partition coefficient (Wildman–Crippen LogP) is 0.437. The summed E-state index contributed by atoms with van der Waals surface area (Å²) in [7, 11) is 0. The van der Waals surface area contributed by atoms with Crippen molar-refractivity contribution in [1.82, 2.24) is 10.3 Å². The first-order chi connectivity index (χ1) is 8.66. The molecular formula is C12H9N2O3S-. The Bertz CT molecular complexity index is 566. The highest BCUT2D eigenvalue weighted by molar-refractivity contribution is 7.09. The van der Waals surface area contributed by atoms with Crippen LogP contribution in [-0.4, -0.2) is 16.9 Å². The van der Waals surface area contributed by atoms with Crippen LogP contribution in [-0.2, 0) is 6.54 Å². The summed E-state index contributed by atoms with van der Waals surface area (Å²) in [4.78, 5) is 26.0. The van der Waals surface area contributed by atoms with E-state index in [-0.39, 0.29) is 18.1 Å². The van der Waals surface area contributed by atoms with E-state index in [1.165, 1.54) is 16.7 Å². The Kier molecular flexibility index (Phi) is 3.69. The number of carboxylic acid groups (broad SMARTS) is 1. The largest absolute Gasteiger partial charge is 0.543 e. The van der Waals surface area contributed by atoms with E-state index in [9.17, 15) is 14.7 Å². The van der Waals surface area contributed by atoms with Crippen LogP contribution in [0.5, 0.6) is 0 Å². The Labute approximate surface area is 107 Å². The molecule has 0 aliphatic heterocycles. The van der Waals surface area contributed by atoms with Gasteiger partial charge in [0, 0.05) is 10.9 Å². The van der Waals surface area contributed by atoms with Crippen molar-refractivity contribution in [1.29, 1.82) is 0 Å². The number of rotatable bonds is 4. The molecule has 2 aromatic rings. The predicted molar refractivity (Wildman–Crippen MR) is 64.1 cm³/mol. The van der Waals surface area contributed by atoms with Gasteiger partial charge in [0.05, 0.1) is 18.2 Å². The van der Waals surface area contributed by atoms with E-state index in [0.29, 0.717) is 10.6 Å². The van der Waals surface area contributed by atoms with Gasteiger partial charge in [-0.15, -0.1) is 11.3 Å². The summed E-state index contributed by atoms with van der Waals surface area (Å²) in [5, 5.41) is 15.1. The van der Waals surface area contributed by atoms with Crippen LogP contribution < -0.4 is 10.4 Å². The Morgan fingerprint density at radius 2 is 2.00 bits per heavy atom. The summed E-state index contributed by atoms with van der Waals surface area (Å²) in [5.74, 6) is -1.53. The van der Waals surface area contributed by atoms with Gasteiger partial charge >= 0.3 is 0 Å². The zero-order valence-corrected chi connectivity index (χ0v) is 10.1. The SMILES string of the molecule is O=C(NCc1nc(C(=O)[O-])cs1)c1ccccc1. The summed E-state index contributed by atoms with van der Waals surface area (Å²) in [6.07, 6.45) is 0. The van der Waals surface area contributed by atoms with Crippen molar-refractivity contribution < 1.29 is 14.7 Å². The van der Waals surface area contributed by atoms with Gasteiger partial charge in [-0.1, -0.05) is 18.2 Å². The van der Waals surface area contributed by atoms with Crippen molar-refractivity contribution in [2.45, 2.75) is 6.54 Å². The van der Waals surface area contributed by atoms with Crippen LogP contribution in [0.2, 0.25) is 0 Å². The highest BCUT2D eigenvalue weighted by Gasteiger charge is 2.06. The molecule has 1 aromatic carbocycles. The number of thiazole rings is 1. The molecule has 0 aliphatic carbocycles. The Morgan fingerprint density at radius 1 is 1.28 bits per heavy atom. The van der Waals surface area contributed by atoms with Crippen molar-refractivity contribution >= 4 is 23.2 Å². The summed E-state index contributed by atoms with van der Waals surface area (Å²) < 4.78 is 0. The van der Waals surface area contributed by atoms with Crippen molar-refractivity contribution in [2.75, 3.05) is 0 Å². The number of nitrogens with one attached hydrogen (secondary N) is 1. The van der Waals surface area contributed by atoms with Crippen molar-refractivity contribution in [2.24, 2.45) is 0 Å². The van der Waals surface area contributed by atoms with E-state index in [2.05, 4.69) is 10.3 Å². The van der Waals surface area contributed by atoms with E-state index >= 15 is 0 Å².